The molecule has 0 radical (unpaired) electrons. The van der Waals surface area contributed by atoms with Crippen LogP contribution in [0.4, 0.5) is 0 Å². The molecule has 0 saturated carbocycles. The van der Waals surface area contributed by atoms with Gasteiger partial charge in [0.05, 0.1) is 5.02 Å². The number of phenols is 2. The van der Waals surface area contributed by atoms with Gasteiger partial charge in [0.25, 0.3) is 0 Å². The minimum Gasteiger partial charge on any atom is -0.508 e. The summed E-state index contributed by atoms with van der Waals surface area (Å²) in [6.07, 6.45) is 0. The van der Waals surface area contributed by atoms with Crippen molar-refractivity contribution in [3.8, 4) is 11.5 Å². The molecule has 3 heteroatoms. The summed E-state index contributed by atoms with van der Waals surface area (Å²) >= 11 is 5.88. The topological polar surface area (TPSA) is 40.5 Å². The molecule has 2 aromatic rings. The molecule has 0 aliphatic rings. The highest BCUT2D eigenvalue weighted by Crippen LogP contribution is 2.31. The molecule has 2 aromatic carbocycles. The van der Waals surface area contributed by atoms with Gasteiger partial charge in [0.15, 0.2) is 0 Å². The summed E-state index contributed by atoms with van der Waals surface area (Å²) < 4.78 is 0. The van der Waals surface area contributed by atoms with Gasteiger partial charge in [-0.3, -0.25) is 0 Å². The third-order valence-electron chi connectivity index (χ3n) is 2.86. The predicted molar refractivity (Wildman–Crippen MR) is 68.7 cm³/mol. The Morgan fingerprint density at radius 2 is 1.53 bits per heavy atom. The molecule has 0 saturated heterocycles. The quantitative estimate of drug-likeness (QED) is 0.846. The second kappa shape index (κ2) is 4.68. The Labute approximate surface area is 105 Å². The van der Waals surface area contributed by atoms with Crippen LogP contribution in [-0.2, 0) is 0 Å². The van der Waals surface area contributed by atoms with Gasteiger partial charge in [0.1, 0.15) is 11.5 Å². The van der Waals surface area contributed by atoms with Crippen molar-refractivity contribution in [2.45, 2.75) is 12.8 Å². The molecule has 0 aliphatic carbocycles. The van der Waals surface area contributed by atoms with E-state index in [9.17, 15) is 10.2 Å². The van der Waals surface area contributed by atoms with Crippen LogP contribution >= 0.6 is 11.6 Å². The molecular weight excluding hydrogens is 236 g/mol. The van der Waals surface area contributed by atoms with Gasteiger partial charge in [-0.15, -0.1) is 0 Å². The van der Waals surface area contributed by atoms with E-state index in [1.807, 2.05) is 18.2 Å². The summed E-state index contributed by atoms with van der Waals surface area (Å²) in [4.78, 5) is 0. The van der Waals surface area contributed by atoms with E-state index in [-0.39, 0.29) is 17.4 Å². The van der Waals surface area contributed by atoms with Crippen molar-refractivity contribution in [3.63, 3.8) is 0 Å². The molecule has 0 fully saturated rings. The Kier molecular flexibility index (Phi) is 3.25. The predicted octanol–water partition coefficient (Wildman–Crippen LogP) is 3.90. The van der Waals surface area contributed by atoms with Crippen LogP contribution < -0.4 is 0 Å². The van der Waals surface area contributed by atoms with E-state index in [4.69, 9.17) is 11.6 Å². The number of phenolic OH excluding ortho intramolecular Hbond substituents is 2. The minimum atomic E-state index is 0.0910. The van der Waals surface area contributed by atoms with Crippen molar-refractivity contribution >= 4 is 11.6 Å². The number of aromatic hydroxyl groups is 2. The minimum absolute atomic E-state index is 0.0910. The first-order chi connectivity index (χ1) is 8.08. The molecule has 0 aromatic heterocycles. The molecule has 2 N–H and O–H groups in total. The van der Waals surface area contributed by atoms with E-state index < -0.39 is 0 Å². The third-order valence-corrected chi connectivity index (χ3v) is 3.17. The molecule has 0 aliphatic heterocycles. The maximum atomic E-state index is 9.37. The highest BCUT2D eigenvalue weighted by Gasteiger charge is 2.10. The molecule has 2 rings (SSSR count). The Bertz CT molecular complexity index is 520. The van der Waals surface area contributed by atoms with Gasteiger partial charge in [-0.25, -0.2) is 0 Å². The fourth-order valence-corrected chi connectivity index (χ4v) is 1.94. The molecule has 2 nitrogen and oxygen atoms in total. The summed E-state index contributed by atoms with van der Waals surface area (Å²) in [6.45, 7) is 2.05. The lowest BCUT2D eigenvalue weighted by molar-refractivity contribution is 0.475. The summed E-state index contributed by atoms with van der Waals surface area (Å²) in [5, 5.41) is 19.0. The molecule has 0 amide bonds. The molecule has 88 valence electrons. The normalized spacial score (nSPS) is 12.4. The average molecular weight is 249 g/mol. The lowest BCUT2D eigenvalue weighted by Gasteiger charge is -2.13. The van der Waals surface area contributed by atoms with Crippen molar-refractivity contribution in [3.05, 3.63) is 58.6 Å². The first-order valence-corrected chi connectivity index (χ1v) is 5.73. The monoisotopic (exact) mass is 248 g/mol. The van der Waals surface area contributed by atoms with Crippen LogP contribution in [0.1, 0.15) is 24.0 Å². The molecule has 1 atom stereocenters. The zero-order valence-corrected chi connectivity index (χ0v) is 10.1. The Balaban J connectivity index is 2.33. The second-order valence-electron chi connectivity index (χ2n) is 4.02. The van der Waals surface area contributed by atoms with Gasteiger partial charge in [-0.05, 0) is 35.4 Å². The lowest BCUT2D eigenvalue weighted by Crippen LogP contribution is -1.95. The van der Waals surface area contributed by atoms with E-state index >= 15 is 0 Å². The Hall–Kier alpha value is -1.67. The van der Waals surface area contributed by atoms with Crippen LogP contribution in [0.2, 0.25) is 5.02 Å². The van der Waals surface area contributed by atoms with Gasteiger partial charge in [0.2, 0.25) is 0 Å². The van der Waals surface area contributed by atoms with Crippen LogP contribution in [0.5, 0.6) is 11.5 Å². The van der Waals surface area contributed by atoms with Crippen molar-refractivity contribution in [1.29, 1.82) is 0 Å². The van der Waals surface area contributed by atoms with E-state index in [2.05, 4.69) is 6.92 Å². The van der Waals surface area contributed by atoms with Gasteiger partial charge in [-0.1, -0.05) is 36.7 Å². The maximum Gasteiger partial charge on any atom is 0.134 e. The molecule has 0 spiro atoms. The van der Waals surface area contributed by atoms with E-state index in [0.29, 0.717) is 5.02 Å². The van der Waals surface area contributed by atoms with E-state index in [1.165, 1.54) is 0 Å². The van der Waals surface area contributed by atoms with Crippen LogP contribution in [0, 0.1) is 0 Å². The standard InChI is InChI=1S/C14H13ClO2/c1-9(10-2-5-12(16)6-3-10)11-4-7-14(17)13(15)8-11/h2-9,16-17H,1H3. The third kappa shape index (κ3) is 2.53. The van der Waals surface area contributed by atoms with Gasteiger partial charge >= 0.3 is 0 Å². The van der Waals surface area contributed by atoms with Crippen molar-refractivity contribution in [1.82, 2.24) is 0 Å². The maximum absolute atomic E-state index is 9.37. The average Bonchev–Trinajstić information content (AvgIpc) is 2.33. The van der Waals surface area contributed by atoms with Crippen molar-refractivity contribution in [2.75, 3.05) is 0 Å². The summed E-state index contributed by atoms with van der Waals surface area (Å²) in [6, 6.07) is 12.3. The molecule has 0 heterocycles. The molecule has 0 bridgehead atoms. The van der Waals surface area contributed by atoms with Crippen LogP contribution in [0.25, 0.3) is 0 Å². The number of rotatable bonds is 2. The Morgan fingerprint density at radius 3 is 2.12 bits per heavy atom. The van der Waals surface area contributed by atoms with Crippen LogP contribution in [0.3, 0.4) is 0 Å². The zero-order valence-electron chi connectivity index (χ0n) is 9.39. The summed E-state index contributed by atoms with van der Waals surface area (Å²) in [5.74, 6) is 0.506. The highest BCUT2D eigenvalue weighted by molar-refractivity contribution is 6.32. The van der Waals surface area contributed by atoms with Crippen LogP contribution in [0.15, 0.2) is 42.5 Å². The summed E-state index contributed by atoms with van der Waals surface area (Å²) in [7, 11) is 0. The van der Waals surface area contributed by atoms with Gasteiger partial charge in [0, 0.05) is 5.92 Å². The molecule has 1 unspecified atom stereocenters. The molecule has 17 heavy (non-hydrogen) atoms. The van der Waals surface area contributed by atoms with Crippen molar-refractivity contribution in [2.24, 2.45) is 0 Å². The van der Waals surface area contributed by atoms with E-state index in [1.54, 1.807) is 24.3 Å². The smallest absolute Gasteiger partial charge is 0.134 e. The molecular formula is C14H13ClO2. The highest BCUT2D eigenvalue weighted by atomic mass is 35.5. The van der Waals surface area contributed by atoms with Crippen molar-refractivity contribution < 1.29 is 10.2 Å². The van der Waals surface area contributed by atoms with Gasteiger partial charge in [-0.2, -0.15) is 0 Å². The largest absolute Gasteiger partial charge is 0.508 e. The Morgan fingerprint density at radius 1 is 0.941 bits per heavy atom. The number of benzene rings is 2. The SMILES string of the molecule is CC(c1ccc(O)cc1)c1ccc(O)c(Cl)c1. The zero-order chi connectivity index (χ0) is 12.4. The number of hydrogen-bond acceptors (Lipinski definition) is 2. The lowest BCUT2D eigenvalue weighted by atomic mass is 9.93. The van der Waals surface area contributed by atoms with E-state index in [0.717, 1.165) is 11.1 Å². The first kappa shape index (κ1) is 11.8. The van der Waals surface area contributed by atoms with Crippen LogP contribution in [-0.4, -0.2) is 10.2 Å². The number of hydrogen-bond donors (Lipinski definition) is 2. The first-order valence-electron chi connectivity index (χ1n) is 5.35. The number of halogens is 1. The fourth-order valence-electron chi connectivity index (χ4n) is 1.75. The second-order valence-corrected chi connectivity index (χ2v) is 4.43. The fraction of sp³-hybridized carbons (Fsp3) is 0.143. The van der Waals surface area contributed by atoms with Gasteiger partial charge < -0.3 is 10.2 Å². The summed E-state index contributed by atoms with van der Waals surface area (Å²) in [5.41, 5.74) is 2.11.